The number of ether oxygens (including phenoxy) is 2. The number of methoxy groups -OCH3 is 1. The minimum atomic E-state index is 0.107. The van der Waals surface area contributed by atoms with E-state index in [1.807, 2.05) is 18.2 Å². The maximum Gasteiger partial charge on any atom is 0.229 e. The Bertz CT molecular complexity index is 498. The van der Waals surface area contributed by atoms with E-state index in [4.69, 9.17) is 15.2 Å². The summed E-state index contributed by atoms with van der Waals surface area (Å²) < 4.78 is 13.8. The molecule has 0 saturated carbocycles. The van der Waals surface area contributed by atoms with Crippen LogP contribution in [0.1, 0.15) is 57.4 Å². The molecule has 142 valence electrons. The number of hydrogen-bond acceptors (Lipinski definition) is 5. The second-order valence-electron chi connectivity index (χ2n) is 5.95. The van der Waals surface area contributed by atoms with Crippen molar-refractivity contribution in [3.8, 4) is 11.5 Å². The minimum Gasteiger partial charge on any atom is -0.493 e. The number of rotatable bonds is 14. The molecule has 1 aromatic rings. The Labute approximate surface area is 156 Å². The Morgan fingerprint density at radius 3 is 2.64 bits per heavy atom. The summed E-state index contributed by atoms with van der Waals surface area (Å²) in [5.74, 6) is 2.17. The maximum atomic E-state index is 11.8. The minimum absolute atomic E-state index is 0.107. The van der Waals surface area contributed by atoms with Gasteiger partial charge in [-0.25, -0.2) is 0 Å². The fourth-order valence-corrected chi connectivity index (χ4v) is 3.09. The van der Waals surface area contributed by atoms with E-state index < -0.39 is 0 Å². The van der Waals surface area contributed by atoms with Crippen LogP contribution in [0.25, 0.3) is 0 Å². The van der Waals surface area contributed by atoms with Gasteiger partial charge in [0, 0.05) is 18.7 Å². The summed E-state index contributed by atoms with van der Waals surface area (Å²) in [5.41, 5.74) is 6.52. The number of benzene rings is 1. The smallest absolute Gasteiger partial charge is 0.229 e. The highest BCUT2D eigenvalue weighted by Gasteiger charge is 2.07. The van der Waals surface area contributed by atoms with Crippen LogP contribution in [-0.4, -0.2) is 26.2 Å². The molecule has 0 aromatic heterocycles. The Morgan fingerprint density at radius 2 is 1.92 bits per heavy atom. The van der Waals surface area contributed by atoms with Crippen LogP contribution in [0.4, 0.5) is 0 Å². The van der Waals surface area contributed by atoms with Gasteiger partial charge < -0.3 is 15.2 Å². The van der Waals surface area contributed by atoms with Gasteiger partial charge in [-0.05, 0) is 36.1 Å². The summed E-state index contributed by atoms with van der Waals surface area (Å²) in [6.07, 6.45) is 7.76. The number of carbonyl (C=O) groups excluding carboxylic acids is 1. The zero-order chi connectivity index (χ0) is 18.3. The third-order valence-electron chi connectivity index (χ3n) is 3.79. The number of carbonyl (C=O) groups is 1. The molecule has 0 bridgehead atoms. The van der Waals surface area contributed by atoms with Crippen molar-refractivity contribution in [2.45, 2.75) is 57.6 Å². The molecule has 0 fully saturated rings. The van der Waals surface area contributed by atoms with Crippen LogP contribution in [0.5, 0.6) is 11.5 Å². The summed E-state index contributed by atoms with van der Waals surface area (Å²) in [4.78, 5) is 11.8. The van der Waals surface area contributed by atoms with E-state index >= 15 is 0 Å². The number of hydrogen-bond donors (Lipinski definition) is 2. The van der Waals surface area contributed by atoms with E-state index in [0.717, 1.165) is 18.4 Å². The Kier molecular flexibility index (Phi) is 12.0. The second kappa shape index (κ2) is 13.8. The molecular formula is C19H32N2O3S. The van der Waals surface area contributed by atoms with E-state index in [2.05, 4.69) is 11.6 Å². The zero-order valence-electron chi connectivity index (χ0n) is 15.5. The molecule has 0 aliphatic heterocycles. The van der Waals surface area contributed by atoms with Gasteiger partial charge in [0.05, 0.1) is 7.11 Å². The van der Waals surface area contributed by atoms with Crippen molar-refractivity contribution in [3.05, 3.63) is 23.8 Å². The zero-order valence-corrected chi connectivity index (χ0v) is 16.3. The van der Waals surface area contributed by atoms with E-state index in [1.54, 1.807) is 7.11 Å². The lowest BCUT2D eigenvalue weighted by Gasteiger charge is -2.11. The quantitative estimate of drug-likeness (QED) is 0.383. The standard InChI is InChI=1S/C19H32N2O3S/c1-3-4-5-6-7-8-9-19(22)21-25-15-16-10-11-17(24-13-12-20)18(14-16)23-2/h10-11,14H,3-9,12-13,15,20H2,1-2H3,(H,21,22). The molecule has 3 N–H and O–H groups in total. The summed E-state index contributed by atoms with van der Waals surface area (Å²) >= 11 is 1.41. The van der Waals surface area contributed by atoms with Crippen molar-refractivity contribution < 1.29 is 14.3 Å². The van der Waals surface area contributed by atoms with Crippen LogP contribution in [0.15, 0.2) is 18.2 Å². The molecule has 0 atom stereocenters. The van der Waals surface area contributed by atoms with E-state index in [1.165, 1.54) is 37.6 Å². The predicted octanol–water partition coefficient (Wildman–Crippen LogP) is 4.05. The van der Waals surface area contributed by atoms with Crippen LogP contribution < -0.4 is 19.9 Å². The molecule has 25 heavy (non-hydrogen) atoms. The molecule has 0 aliphatic rings. The van der Waals surface area contributed by atoms with Crippen LogP contribution in [0.3, 0.4) is 0 Å². The summed E-state index contributed by atoms with van der Waals surface area (Å²) in [6.45, 7) is 3.13. The highest BCUT2D eigenvalue weighted by atomic mass is 32.2. The molecule has 0 radical (unpaired) electrons. The van der Waals surface area contributed by atoms with Crippen LogP contribution in [0, 0.1) is 0 Å². The van der Waals surface area contributed by atoms with Gasteiger partial charge in [0.2, 0.25) is 5.91 Å². The van der Waals surface area contributed by atoms with Crippen molar-refractivity contribution in [2.24, 2.45) is 5.73 Å². The average molecular weight is 369 g/mol. The van der Waals surface area contributed by atoms with E-state index in [0.29, 0.717) is 36.8 Å². The van der Waals surface area contributed by atoms with Crippen molar-refractivity contribution in [1.82, 2.24) is 4.72 Å². The van der Waals surface area contributed by atoms with Crippen molar-refractivity contribution >= 4 is 17.9 Å². The highest BCUT2D eigenvalue weighted by molar-refractivity contribution is 7.97. The van der Waals surface area contributed by atoms with Crippen LogP contribution in [0.2, 0.25) is 0 Å². The first-order valence-corrected chi connectivity index (χ1v) is 10.1. The third kappa shape index (κ3) is 9.60. The van der Waals surface area contributed by atoms with Crippen LogP contribution in [-0.2, 0) is 10.5 Å². The van der Waals surface area contributed by atoms with Crippen molar-refractivity contribution in [3.63, 3.8) is 0 Å². The predicted molar refractivity (Wildman–Crippen MR) is 105 cm³/mol. The normalized spacial score (nSPS) is 10.5. The van der Waals surface area contributed by atoms with Gasteiger partial charge in [0.25, 0.3) is 0 Å². The van der Waals surface area contributed by atoms with Gasteiger partial charge in [-0.1, -0.05) is 45.1 Å². The van der Waals surface area contributed by atoms with Gasteiger partial charge in [0.1, 0.15) is 6.61 Å². The molecule has 0 unspecified atom stereocenters. The molecule has 0 saturated heterocycles. The lowest BCUT2D eigenvalue weighted by atomic mass is 10.1. The van der Waals surface area contributed by atoms with E-state index in [9.17, 15) is 4.79 Å². The molecule has 1 aromatic carbocycles. The third-order valence-corrected chi connectivity index (χ3v) is 4.64. The lowest BCUT2D eigenvalue weighted by Crippen LogP contribution is -2.15. The molecule has 0 heterocycles. The largest absolute Gasteiger partial charge is 0.493 e. The van der Waals surface area contributed by atoms with E-state index in [-0.39, 0.29) is 5.91 Å². The fourth-order valence-electron chi connectivity index (χ4n) is 2.41. The first-order chi connectivity index (χ1) is 12.2. The summed E-state index contributed by atoms with van der Waals surface area (Å²) in [5, 5.41) is 0. The fraction of sp³-hybridized carbons (Fsp3) is 0.632. The Balaban J connectivity index is 2.25. The second-order valence-corrected chi connectivity index (χ2v) is 6.74. The number of nitrogens with one attached hydrogen (secondary N) is 1. The summed E-state index contributed by atoms with van der Waals surface area (Å²) in [7, 11) is 1.61. The lowest BCUT2D eigenvalue weighted by molar-refractivity contribution is -0.119. The first kappa shape index (κ1) is 21.6. The molecular weight excluding hydrogens is 336 g/mol. The van der Waals surface area contributed by atoms with Crippen molar-refractivity contribution in [1.29, 1.82) is 0 Å². The molecule has 6 heteroatoms. The van der Waals surface area contributed by atoms with Gasteiger partial charge in [-0.2, -0.15) is 0 Å². The first-order valence-electron chi connectivity index (χ1n) is 9.11. The average Bonchev–Trinajstić information content (AvgIpc) is 2.63. The Morgan fingerprint density at radius 1 is 1.16 bits per heavy atom. The molecule has 0 spiro atoms. The van der Waals surface area contributed by atoms with Gasteiger partial charge in [0.15, 0.2) is 11.5 Å². The number of amides is 1. The topological polar surface area (TPSA) is 73.6 Å². The Hall–Kier alpha value is -1.40. The molecule has 0 aliphatic carbocycles. The summed E-state index contributed by atoms with van der Waals surface area (Å²) in [6, 6.07) is 5.78. The van der Waals surface area contributed by atoms with Crippen LogP contribution >= 0.6 is 11.9 Å². The monoisotopic (exact) mass is 368 g/mol. The maximum absolute atomic E-state index is 11.8. The van der Waals surface area contributed by atoms with Gasteiger partial charge in [-0.3, -0.25) is 9.52 Å². The number of unbranched alkanes of at least 4 members (excludes halogenated alkanes) is 5. The van der Waals surface area contributed by atoms with Gasteiger partial charge >= 0.3 is 0 Å². The molecule has 1 amide bonds. The molecule has 5 nitrogen and oxygen atoms in total. The number of nitrogens with two attached hydrogens (primary N) is 1. The van der Waals surface area contributed by atoms with Gasteiger partial charge in [-0.15, -0.1) is 0 Å². The van der Waals surface area contributed by atoms with Crippen molar-refractivity contribution in [2.75, 3.05) is 20.3 Å². The highest BCUT2D eigenvalue weighted by Crippen LogP contribution is 2.29. The molecule has 1 rings (SSSR count). The SMILES string of the molecule is CCCCCCCCC(=O)NSCc1ccc(OCCN)c(OC)c1.